The van der Waals surface area contributed by atoms with Crippen LogP contribution in [-0.2, 0) is 4.79 Å². The standard InChI is InChI=1S/C17H12Cl2F2N4O2/c18-10-2-1-9-11(24-4-3-22-8-24)5-13(23-15(9)14(10)19)25-7-17(20,21)6-12(25)16(26)27/h1-5,8,12H,6-7H2,(H,26,27)/t12-/m0/s1. The van der Waals surface area contributed by atoms with E-state index in [0.717, 1.165) is 4.90 Å². The van der Waals surface area contributed by atoms with E-state index < -0.39 is 30.9 Å². The molecule has 1 atom stereocenters. The molecule has 27 heavy (non-hydrogen) atoms. The van der Waals surface area contributed by atoms with Gasteiger partial charge in [0.05, 0.1) is 34.1 Å². The van der Waals surface area contributed by atoms with Gasteiger partial charge in [0, 0.05) is 30.3 Å². The van der Waals surface area contributed by atoms with Crippen molar-refractivity contribution in [2.45, 2.75) is 18.4 Å². The fourth-order valence-corrected chi connectivity index (χ4v) is 3.60. The van der Waals surface area contributed by atoms with Crippen LogP contribution in [0.2, 0.25) is 10.0 Å². The number of benzene rings is 1. The van der Waals surface area contributed by atoms with E-state index in [4.69, 9.17) is 23.2 Å². The van der Waals surface area contributed by atoms with E-state index in [9.17, 15) is 18.7 Å². The molecule has 0 unspecified atom stereocenters. The number of anilines is 1. The molecule has 10 heteroatoms. The summed E-state index contributed by atoms with van der Waals surface area (Å²) in [5.74, 6) is -4.39. The molecular formula is C17H12Cl2F2N4O2. The van der Waals surface area contributed by atoms with Crippen molar-refractivity contribution in [3.05, 3.63) is 47.0 Å². The summed E-state index contributed by atoms with van der Waals surface area (Å²) in [6.45, 7) is -0.746. The second-order valence-corrected chi connectivity index (χ2v) is 7.05. The van der Waals surface area contributed by atoms with Gasteiger partial charge in [-0.25, -0.2) is 23.5 Å². The van der Waals surface area contributed by atoms with Crippen molar-refractivity contribution in [3.8, 4) is 5.69 Å². The molecule has 1 saturated heterocycles. The zero-order valence-electron chi connectivity index (χ0n) is 13.6. The number of rotatable bonds is 3. The lowest BCUT2D eigenvalue weighted by Crippen LogP contribution is -2.36. The van der Waals surface area contributed by atoms with Gasteiger partial charge in [-0.2, -0.15) is 0 Å². The monoisotopic (exact) mass is 412 g/mol. The molecular weight excluding hydrogens is 401 g/mol. The second kappa shape index (κ2) is 6.31. The highest BCUT2D eigenvalue weighted by Gasteiger charge is 2.49. The molecule has 0 bridgehead atoms. The van der Waals surface area contributed by atoms with Crippen LogP contribution in [-0.4, -0.2) is 44.1 Å². The Morgan fingerprint density at radius 2 is 2.11 bits per heavy atom. The summed E-state index contributed by atoms with van der Waals surface area (Å²) in [4.78, 5) is 20.9. The van der Waals surface area contributed by atoms with Crippen molar-refractivity contribution in [1.29, 1.82) is 0 Å². The van der Waals surface area contributed by atoms with E-state index in [0.29, 0.717) is 16.6 Å². The van der Waals surface area contributed by atoms with Gasteiger partial charge in [-0.1, -0.05) is 23.2 Å². The zero-order chi connectivity index (χ0) is 19.3. The molecule has 1 fully saturated rings. The van der Waals surface area contributed by atoms with Gasteiger partial charge in [-0.15, -0.1) is 0 Å². The number of carboxylic acids is 1. The summed E-state index contributed by atoms with van der Waals surface area (Å²) in [6, 6.07) is 3.48. The molecule has 1 N–H and O–H groups in total. The van der Waals surface area contributed by atoms with Crippen molar-refractivity contribution in [2.24, 2.45) is 0 Å². The van der Waals surface area contributed by atoms with E-state index in [-0.39, 0.29) is 15.9 Å². The van der Waals surface area contributed by atoms with Crippen LogP contribution in [0.1, 0.15) is 6.42 Å². The molecule has 4 rings (SSSR count). The number of nitrogens with zero attached hydrogens (tertiary/aromatic N) is 4. The van der Waals surface area contributed by atoms with Crippen LogP contribution in [0.3, 0.4) is 0 Å². The predicted octanol–water partition coefficient (Wildman–Crippen LogP) is 4.03. The van der Waals surface area contributed by atoms with Crippen molar-refractivity contribution in [2.75, 3.05) is 11.4 Å². The normalized spacial score (nSPS) is 19.0. The third-order valence-electron chi connectivity index (χ3n) is 4.47. The van der Waals surface area contributed by atoms with Gasteiger partial charge in [0.1, 0.15) is 11.9 Å². The minimum Gasteiger partial charge on any atom is -0.480 e. The van der Waals surface area contributed by atoms with Gasteiger partial charge in [-0.3, -0.25) is 0 Å². The molecule has 0 aliphatic carbocycles. The number of fused-ring (bicyclic) bond motifs is 1. The molecule has 0 saturated carbocycles. The van der Waals surface area contributed by atoms with E-state index in [1.165, 1.54) is 6.33 Å². The largest absolute Gasteiger partial charge is 0.480 e. The molecule has 3 aromatic rings. The zero-order valence-corrected chi connectivity index (χ0v) is 15.1. The maximum absolute atomic E-state index is 13.9. The third kappa shape index (κ3) is 3.08. The Morgan fingerprint density at radius 1 is 1.33 bits per heavy atom. The van der Waals surface area contributed by atoms with Crippen molar-refractivity contribution in [3.63, 3.8) is 0 Å². The molecule has 1 aliphatic heterocycles. The highest BCUT2D eigenvalue weighted by molar-refractivity contribution is 6.45. The fraction of sp³-hybridized carbons (Fsp3) is 0.235. The third-order valence-corrected chi connectivity index (χ3v) is 5.26. The minimum atomic E-state index is -3.13. The second-order valence-electron chi connectivity index (χ2n) is 6.27. The van der Waals surface area contributed by atoms with E-state index in [1.54, 1.807) is 35.2 Å². The highest BCUT2D eigenvalue weighted by atomic mass is 35.5. The Kier molecular flexibility index (Phi) is 4.20. The number of carbonyl (C=O) groups is 1. The first-order valence-electron chi connectivity index (χ1n) is 7.91. The summed E-state index contributed by atoms with van der Waals surface area (Å²) in [6.07, 6.45) is 3.99. The number of carboxylic acid groups (broad SMARTS) is 1. The Labute approximate surface area is 162 Å². The lowest BCUT2D eigenvalue weighted by atomic mass is 10.1. The average Bonchev–Trinajstić information content (AvgIpc) is 3.25. The predicted molar refractivity (Wildman–Crippen MR) is 97.2 cm³/mol. The smallest absolute Gasteiger partial charge is 0.326 e. The van der Waals surface area contributed by atoms with Crippen LogP contribution in [0.25, 0.3) is 16.6 Å². The van der Waals surface area contributed by atoms with Crippen LogP contribution >= 0.6 is 23.2 Å². The SMILES string of the molecule is O=C(O)[C@@H]1CC(F)(F)CN1c1cc(-n2ccnc2)c2ccc(Cl)c(Cl)c2n1. The van der Waals surface area contributed by atoms with Gasteiger partial charge in [0.2, 0.25) is 0 Å². The van der Waals surface area contributed by atoms with E-state index in [1.807, 2.05) is 0 Å². The molecule has 3 heterocycles. The van der Waals surface area contributed by atoms with Crippen molar-refractivity contribution >= 4 is 45.9 Å². The summed E-state index contributed by atoms with van der Waals surface area (Å²) in [7, 11) is 0. The molecule has 140 valence electrons. The Morgan fingerprint density at radius 3 is 2.78 bits per heavy atom. The Balaban J connectivity index is 1.96. The Hall–Kier alpha value is -2.45. The molecule has 0 spiro atoms. The van der Waals surface area contributed by atoms with Crippen molar-refractivity contribution < 1.29 is 18.7 Å². The molecule has 0 amide bonds. The molecule has 2 aromatic heterocycles. The summed E-state index contributed by atoms with van der Waals surface area (Å²) in [5.41, 5.74) is 0.871. The number of pyridine rings is 1. The molecule has 1 aliphatic rings. The van der Waals surface area contributed by atoms with E-state index in [2.05, 4.69) is 9.97 Å². The summed E-state index contributed by atoms with van der Waals surface area (Å²) < 4.78 is 29.5. The van der Waals surface area contributed by atoms with E-state index >= 15 is 0 Å². The lowest BCUT2D eigenvalue weighted by molar-refractivity contribution is -0.139. The number of aliphatic carboxylic acids is 1. The Bertz CT molecular complexity index is 1040. The first-order valence-corrected chi connectivity index (χ1v) is 8.67. The van der Waals surface area contributed by atoms with Gasteiger partial charge in [0.15, 0.2) is 0 Å². The van der Waals surface area contributed by atoms with Crippen LogP contribution < -0.4 is 4.90 Å². The van der Waals surface area contributed by atoms with Crippen LogP contribution in [0.5, 0.6) is 0 Å². The van der Waals surface area contributed by atoms with Crippen LogP contribution in [0, 0.1) is 0 Å². The number of halogens is 4. The molecule has 1 aromatic carbocycles. The topological polar surface area (TPSA) is 71.2 Å². The number of hydrogen-bond acceptors (Lipinski definition) is 4. The number of aromatic nitrogens is 3. The van der Waals surface area contributed by atoms with Gasteiger partial charge in [-0.05, 0) is 12.1 Å². The van der Waals surface area contributed by atoms with Crippen molar-refractivity contribution in [1.82, 2.24) is 14.5 Å². The highest BCUT2D eigenvalue weighted by Crippen LogP contribution is 2.39. The maximum atomic E-state index is 13.9. The minimum absolute atomic E-state index is 0.0833. The number of hydrogen-bond donors (Lipinski definition) is 1. The van der Waals surface area contributed by atoms with Gasteiger partial charge in [0.25, 0.3) is 5.92 Å². The lowest BCUT2D eigenvalue weighted by Gasteiger charge is -2.23. The molecule has 0 radical (unpaired) electrons. The summed E-state index contributed by atoms with van der Waals surface area (Å²) >= 11 is 12.4. The maximum Gasteiger partial charge on any atom is 0.326 e. The quantitative estimate of drug-likeness (QED) is 0.702. The fourth-order valence-electron chi connectivity index (χ4n) is 3.24. The first kappa shape index (κ1) is 17.9. The number of imidazole rings is 1. The van der Waals surface area contributed by atoms with Crippen LogP contribution in [0.4, 0.5) is 14.6 Å². The van der Waals surface area contributed by atoms with Crippen LogP contribution in [0.15, 0.2) is 36.9 Å². The number of alkyl halides is 2. The van der Waals surface area contributed by atoms with Gasteiger partial charge >= 0.3 is 5.97 Å². The molecule has 6 nitrogen and oxygen atoms in total. The van der Waals surface area contributed by atoms with Gasteiger partial charge < -0.3 is 14.6 Å². The summed E-state index contributed by atoms with van der Waals surface area (Å²) in [5, 5.41) is 10.4. The first-order chi connectivity index (χ1) is 12.8. The average molecular weight is 413 g/mol.